The summed E-state index contributed by atoms with van der Waals surface area (Å²) in [4.78, 5) is 40.3. The highest BCUT2D eigenvalue weighted by atomic mass is 16.7. The van der Waals surface area contributed by atoms with Crippen LogP contribution in [-0.2, 0) is 38.1 Å². The van der Waals surface area contributed by atoms with E-state index in [1.165, 1.54) is 0 Å². The van der Waals surface area contributed by atoms with Crippen LogP contribution in [0.2, 0.25) is 0 Å². The normalized spacial score (nSPS) is 21.0. The molecule has 8 nitrogen and oxygen atoms in total. The molecular formula is C24H30O8. The van der Waals surface area contributed by atoms with Gasteiger partial charge in [-0.2, -0.15) is 0 Å². The highest BCUT2D eigenvalue weighted by Crippen LogP contribution is 2.58. The zero-order valence-electron chi connectivity index (χ0n) is 19.0. The molecule has 0 saturated carbocycles. The Hall–Kier alpha value is -2.71. The molecule has 174 valence electrons. The summed E-state index contributed by atoms with van der Waals surface area (Å²) in [7, 11) is 0. The van der Waals surface area contributed by atoms with Gasteiger partial charge in [0, 0.05) is 25.6 Å². The van der Waals surface area contributed by atoms with Crippen LogP contribution in [0.15, 0.2) is 41.5 Å². The molecule has 3 rings (SSSR count). The maximum atomic E-state index is 13.6. The number of hydrogen-bond donors (Lipinski definition) is 0. The molecule has 0 spiro atoms. The van der Waals surface area contributed by atoms with Crippen molar-refractivity contribution < 1.29 is 38.1 Å². The maximum Gasteiger partial charge on any atom is 0.336 e. The molecule has 0 bridgehead atoms. The summed E-state index contributed by atoms with van der Waals surface area (Å²) in [6.07, 6.45) is 0.103. The Balaban J connectivity index is 2.40. The van der Waals surface area contributed by atoms with Gasteiger partial charge in [0.1, 0.15) is 6.61 Å². The van der Waals surface area contributed by atoms with Crippen molar-refractivity contribution >= 4 is 17.9 Å². The first-order chi connectivity index (χ1) is 15.4. The molecule has 1 aliphatic heterocycles. The van der Waals surface area contributed by atoms with Crippen molar-refractivity contribution in [3.05, 3.63) is 47.0 Å². The van der Waals surface area contributed by atoms with E-state index in [0.29, 0.717) is 5.57 Å². The van der Waals surface area contributed by atoms with Gasteiger partial charge in [-0.25, -0.2) is 4.79 Å². The van der Waals surface area contributed by atoms with Gasteiger partial charge in [0.05, 0.1) is 18.8 Å². The Kier molecular flexibility index (Phi) is 7.36. The van der Waals surface area contributed by atoms with E-state index >= 15 is 0 Å². The first-order valence-electron chi connectivity index (χ1n) is 11.0. The molecule has 32 heavy (non-hydrogen) atoms. The predicted octanol–water partition coefficient (Wildman–Crippen LogP) is 2.91. The lowest BCUT2D eigenvalue weighted by Crippen LogP contribution is -2.66. The summed E-state index contributed by atoms with van der Waals surface area (Å²) in [5, 5.41) is 0. The molecule has 8 heteroatoms. The topological polar surface area (TPSA) is 97.4 Å². The van der Waals surface area contributed by atoms with E-state index in [2.05, 4.69) is 0 Å². The van der Waals surface area contributed by atoms with Gasteiger partial charge in [-0.1, -0.05) is 30.3 Å². The zero-order valence-corrected chi connectivity index (χ0v) is 19.0. The van der Waals surface area contributed by atoms with Crippen LogP contribution >= 0.6 is 0 Å². The Morgan fingerprint density at radius 2 is 1.50 bits per heavy atom. The second-order valence-corrected chi connectivity index (χ2v) is 7.45. The van der Waals surface area contributed by atoms with E-state index < -0.39 is 29.1 Å². The molecule has 0 amide bonds. The van der Waals surface area contributed by atoms with E-state index in [9.17, 15) is 14.4 Å². The molecule has 0 aromatic heterocycles. The van der Waals surface area contributed by atoms with E-state index in [4.69, 9.17) is 23.7 Å². The van der Waals surface area contributed by atoms with Crippen LogP contribution in [-0.4, -0.2) is 56.7 Å². The van der Waals surface area contributed by atoms with Crippen molar-refractivity contribution in [2.75, 3.05) is 33.0 Å². The number of hydrogen-bond acceptors (Lipinski definition) is 8. The van der Waals surface area contributed by atoms with Gasteiger partial charge >= 0.3 is 17.9 Å². The zero-order chi connectivity index (χ0) is 23.4. The smallest absolute Gasteiger partial charge is 0.336 e. The molecule has 2 aliphatic rings. The minimum atomic E-state index is -2.26. The summed E-state index contributed by atoms with van der Waals surface area (Å²) in [5.41, 5.74) is -0.934. The molecule has 1 heterocycles. The summed E-state index contributed by atoms with van der Waals surface area (Å²) in [6.45, 7) is 6.91. The lowest BCUT2D eigenvalue weighted by atomic mass is 9.61. The van der Waals surface area contributed by atoms with Gasteiger partial charge in [0.15, 0.2) is 0 Å². The Morgan fingerprint density at radius 3 is 2.00 bits per heavy atom. The van der Waals surface area contributed by atoms with Crippen LogP contribution in [0.4, 0.5) is 0 Å². The third-order valence-corrected chi connectivity index (χ3v) is 5.84. The average Bonchev–Trinajstić information content (AvgIpc) is 3.16. The fraction of sp³-hybridized carbons (Fsp3) is 0.542. The molecule has 1 atom stereocenters. The molecule has 0 saturated heterocycles. The van der Waals surface area contributed by atoms with E-state index in [-0.39, 0.29) is 50.9 Å². The highest BCUT2D eigenvalue weighted by molar-refractivity contribution is 6.14. The van der Waals surface area contributed by atoms with Crippen molar-refractivity contribution in [1.82, 2.24) is 0 Å². The van der Waals surface area contributed by atoms with Gasteiger partial charge in [-0.15, -0.1) is 0 Å². The molecule has 1 aromatic rings. The number of esters is 3. The second kappa shape index (κ2) is 9.83. The quantitative estimate of drug-likeness (QED) is 0.247. The molecule has 0 radical (unpaired) electrons. The minimum absolute atomic E-state index is 0.00586. The van der Waals surface area contributed by atoms with Gasteiger partial charge in [-0.3, -0.25) is 9.59 Å². The standard InChI is InChI=1S/C24H30O8/c1-5-28-21(26)24(22(27)29-6-2)19-18(15-30-20(19)25)17(16-12-10-9-11-13-16)14-23(24,31-7-3)32-8-4/h9-13,17H,5-8,14-15H2,1-4H3. The summed E-state index contributed by atoms with van der Waals surface area (Å²) in [5.74, 6) is -4.85. The predicted molar refractivity (Wildman–Crippen MR) is 113 cm³/mol. The van der Waals surface area contributed by atoms with Crippen LogP contribution in [0.5, 0.6) is 0 Å². The largest absolute Gasteiger partial charge is 0.465 e. The van der Waals surface area contributed by atoms with E-state index in [0.717, 1.165) is 5.56 Å². The first-order valence-corrected chi connectivity index (χ1v) is 11.0. The van der Waals surface area contributed by atoms with Crippen molar-refractivity contribution in [1.29, 1.82) is 0 Å². The van der Waals surface area contributed by atoms with Crippen LogP contribution in [0.1, 0.15) is 45.6 Å². The van der Waals surface area contributed by atoms with E-state index in [1.807, 2.05) is 30.3 Å². The Labute approximate surface area is 187 Å². The monoisotopic (exact) mass is 446 g/mol. The van der Waals surface area contributed by atoms with Crippen molar-refractivity contribution in [2.24, 2.45) is 5.41 Å². The highest BCUT2D eigenvalue weighted by Gasteiger charge is 2.74. The number of rotatable bonds is 9. The molecule has 1 unspecified atom stereocenters. The van der Waals surface area contributed by atoms with Crippen molar-refractivity contribution in [3.63, 3.8) is 0 Å². The first kappa shape index (κ1) is 23.9. The lowest BCUT2D eigenvalue weighted by Gasteiger charge is -2.50. The fourth-order valence-electron chi connectivity index (χ4n) is 4.75. The number of ether oxygens (including phenoxy) is 5. The van der Waals surface area contributed by atoms with Crippen LogP contribution in [0.3, 0.4) is 0 Å². The number of benzene rings is 1. The maximum absolute atomic E-state index is 13.6. The molecule has 1 aromatic carbocycles. The number of carbonyl (C=O) groups is 3. The van der Waals surface area contributed by atoms with Crippen LogP contribution in [0.25, 0.3) is 0 Å². The lowest BCUT2D eigenvalue weighted by molar-refractivity contribution is -0.292. The molecule has 0 fully saturated rings. The third-order valence-electron chi connectivity index (χ3n) is 5.84. The Bertz CT molecular complexity index is 865. The van der Waals surface area contributed by atoms with Gasteiger partial charge in [0.2, 0.25) is 11.2 Å². The number of carbonyl (C=O) groups excluding carboxylic acids is 3. The third kappa shape index (κ3) is 3.61. The van der Waals surface area contributed by atoms with Gasteiger partial charge in [-0.05, 0) is 38.8 Å². The summed E-state index contributed by atoms with van der Waals surface area (Å²) in [6, 6.07) is 9.49. The minimum Gasteiger partial charge on any atom is -0.465 e. The SMILES string of the molecule is CCOC(=O)C1(C(=O)OCC)C2=C(COC2=O)C(c2ccccc2)CC1(OCC)OCC. The van der Waals surface area contributed by atoms with E-state index in [1.54, 1.807) is 27.7 Å². The number of cyclic esters (lactones) is 1. The van der Waals surface area contributed by atoms with Crippen LogP contribution < -0.4 is 0 Å². The molecule has 0 N–H and O–H groups in total. The second-order valence-electron chi connectivity index (χ2n) is 7.45. The van der Waals surface area contributed by atoms with Gasteiger partial charge < -0.3 is 23.7 Å². The Morgan fingerprint density at radius 1 is 0.938 bits per heavy atom. The van der Waals surface area contributed by atoms with Crippen molar-refractivity contribution in [2.45, 2.75) is 45.8 Å². The fourth-order valence-corrected chi connectivity index (χ4v) is 4.75. The molecule has 1 aliphatic carbocycles. The van der Waals surface area contributed by atoms with Crippen LogP contribution in [0, 0.1) is 5.41 Å². The average molecular weight is 446 g/mol. The van der Waals surface area contributed by atoms with Gasteiger partial charge in [0.25, 0.3) is 0 Å². The summed E-state index contributed by atoms with van der Waals surface area (Å²) < 4.78 is 28.3. The summed E-state index contributed by atoms with van der Waals surface area (Å²) >= 11 is 0. The molecular weight excluding hydrogens is 416 g/mol. The van der Waals surface area contributed by atoms with Crippen molar-refractivity contribution in [3.8, 4) is 0 Å².